The number of aromatic amines is 2. The Balaban J connectivity index is 1.57. The molecule has 0 unspecified atom stereocenters. The molecule has 0 radical (unpaired) electrons. The Morgan fingerprint density at radius 2 is 0.484 bits per heavy atom. The van der Waals surface area contributed by atoms with E-state index in [-0.39, 0.29) is 0 Å². The van der Waals surface area contributed by atoms with E-state index >= 15 is 0 Å². The van der Waals surface area contributed by atoms with Crippen molar-refractivity contribution in [3.63, 3.8) is 0 Å². The third kappa shape index (κ3) is 7.20. The Morgan fingerprint density at radius 3 is 0.688 bits per heavy atom. The molecule has 2 aliphatic rings. The van der Waals surface area contributed by atoms with Crippen LogP contribution in [0.3, 0.4) is 0 Å². The van der Waals surface area contributed by atoms with Crippen LogP contribution >= 0.6 is 0 Å². The number of hydrogen-bond donors (Lipinski definition) is 2. The summed E-state index contributed by atoms with van der Waals surface area (Å²) in [4.78, 5) is 18.5. The first-order valence-corrected chi connectivity index (χ1v) is 22.4. The van der Waals surface area contributed by atoms with E-state index in [2.05, 4.69) is 34.2 Å². The number of aromatic nitrogens is 4. The number of nitrogens with zero attached hydrogens (tertiary/aromatic N) is 2. The number of rotatable bonds is 16. The Morgan fingerprint density at radius 1 is 0.297 bits per heavy atom. The Labute approximate surface area is 372 Å². The van der Waals surface area contributed by atoms with E-state index in [1.807, 2.05) is 104 Å². The molecule has 4 aromatic carbocycles. The number of ether oxygens (including phenoxy) is 8. The van der Waals surface area contributed by atoms with Crippen LogP contribution in [-0.4, -0.2) is 72.8 Å². The second-order valence-electron chi connectivity index (χ2n) is 15.0. The lowest BCUT2D eigenvalue weighted by Crippen LogP contribution is -1.98. The summed E-state index contributed by atoms with van der Waals surface area (Å²) >= 11 is 0. The minimum absolute atomic E-state index is 0.457. The minimum atomic E-state index is 0.457. The van der Waals surface area contributed by atoms with E-state index in [4.69, 9.17) is 47.9 Å². The summed E-state index contributed by atoms with van der Waals surface area (Å²) in [5.74, 6) is 5.55. The zero-order valence-corrected chi connectivity index (χ0v) is 37.7. The van der Waals surface area contributed by atoms with Crippen LogP contribution in [-0.2, 0) is 0 Å². The molecule has 3 aromatic heterocycles. The Bertz CT molecular complexity index is 2680. The van der Waals surface area contributed by atoms with Gasteiger partial charge in [-0.05, 0) is 128 Å². The smallest absolute Gasteiger partial charge is 0.129 e. The van der Waals surface area contributed by atoms with Crippen LogP contribution < -0.4 is 37.9 Å². The SMILES string of the molecule is CCOc1ccc(OCC)c2c1-c1cc3[nH]c(cc4nc(cc5[nH]c(cc-2n1)c1c(OCC)ccc(OCC)c51)-c1c(OCC)ccc(OCC)c1-4)c1c(OCC)ccc(OCC)c31. The number of nitrogens with one attached hydrogen (secondary N) is 2. The molecule has 0 amide bonds. The van der Waals surface area contributed by atoms with Gasteiger partial charge in [0.05, 0.1) is 141 Å². The highest BCUT2D eigenvalue weighted by Crippen LogP contribution is 2.52. The molecular formula is C52H54N4O8. The van der Waals surface area contributed by atoms with Gasteiger partial charge in [0.15, 0.2) is 0 Å². The van der Waals surface area contributed by atoms with Crippen LogP contribution in [0.4, 0.5) is 0 Å². The molecule has 2 N–H and O–H groups in total. The van der Waals surface area contributed by atoms with Crippen molar-refractivity contribution in [2.75, 3.05) is 52.9 Å². The maximum Gasteiger partial charge on any atom is 0.129 e. The molecule has 7 aromatic rings. The monoisotopic (exact) mass is 862 g/mol. The van der Waals surface area contributed by atoms with Crippen LogP contribution in [0.2, 0.25) is 0 Å². The molecule has 0 saturated carbocycles. The highest BCUT2D eigenvalue weighted by atomic mass is 16.5. The van der Waals surface area contributed by atoms with Crippen molar-refractivity contribution in [1.29, 1.82) is 0 Å². The normalized spacial score (nSPS) is 11.6. The first kappa shape index (κ1) is 42.2. The van der Waals surface area contributed by atoms with Gasteiger partial charge in [0, 0.05) is 0 Å². The number of H-pyrrole nitrogens is 2. The predicted octanol–water partition coefficient (Wildman–Crippen LogP) is 12.5. The average molecular weight is 863 g/mol. The minimum Gasteiger partial charge on any atom is -0.493 e. The predicted molar refractivity (Wildman–Crippen MR) is 254 cm³/mol. The van der Waals surface area contributed by atoms with Crippen LogP contribution in [0.5, 0.6) is 46.0 Å². The van der Waals surface area contributed by atoms with Crippen molar-refractivity contribution in [1.82, 2.24) is 19.9 Å². The third-order valence-electron chi connectivity index (χ3n) is 11.2. The van der Waals surface area contributed by atoms with Gasteiger partial charge in [-0.2, -0.15) is 0 Å². The van der Waals surface area contributed by atoms with Crippen molar-refractivity contribution in [2.45, 2.75) is 55.4 Å². The van der Waals surface area contributed by atoms with Crippen molar-refractivity contribution < 1.29 is 37.9 Å². The molecule has 2 aliphatic heterocycles. The highest BCUT2D eigenvalue weighted by Gasteiger charge is 2.29. The maximum absolute atomic E-state index is 6.38. The first-order chi connectivity index (χ1) is 31.4. The van der Waals surface area contributed by atoms with Gasteiger partial charge in [0.25, 0.3) is 0 Å². The Hall–Kier alpha value is -7.08. The Kier molecular flexibility index (Phi) is 11.8. The summed E-state index contributed by atoms with van der Waals surface area (Å²) in [6, 6.07) is 24.0. The van der Waals surface area contributed by atoms with Crippen molar-refractivity contribution in [3.8, 4) is 91.0 Å². The lowest BCUT2D eigenvalue weighted by molar-refractivity contribution is 0.333. The quantitative estimate of drug-likeness (QED) is 0.0968. The summed E-state index contributed by atoms with van der Waals surface area (Å²) in [5, 5.41) is 3.37. The summed E-state index contributed by atoms with van der Waals surface area (Å²) in [5.41, 5.74) is 9.05. The molecule has 0 fully saturated rings. The molecule has 0 atom stereocenters. The van der Waals surface area contributed by atoms with Crippen LogP contribution in [0.25, 0.3) is 88.6 Å². The van der Waals surface area contributed by atoms with E-state index in [9.17, 15) is 0 Å². The zero-order chi connectivity index (χ0) is 44.5. The molecule has 0 aliphatic carbocycles. The van der Waals surface area contributed by atoms with E-state index in [0.29, 0.717) is 122 Å². The fourth-order valence-electron chi connectivity index (χ4n) is 8.97. The van der Waals surface area contributed by atoms with Gasteiger partial charge in [-0.3, -0.25) is 0 Å². The average Bonchev–Trinajstić information content (AvgIpc) is 4.04. The second-order valence-corrected chi connectivity index (χ2v) is 15.0. The summed E-state index contributed by atoms with van der Waals surface area (Å²) in [6.07, 6.45) is 0. The largest absolute Gasteiger partial charge is 0.493 e. The van der Waals surface area contributed by atoms with Crippen molar-refractivity contribution in [3.05, 3.63) is 72.8 Å². The summed E-state index contributed by atoms with van der Waals surface area (Å²) in [7, 11) is 0. The number of hydrogen-bond acceptors (Lipinski definition) is 10. The topological polar surface area (TPSA) is 131 Å². The van der Waals surface area contributed by atoms with E-state index in [1.165, 1.54) is 0 Å². The standard InChI is InChI=1S/C52H54N4O8/c1-9-57-37-17-18-38(58-10-2)46-30-26-32-48-40(60-12-4)21-22-42(62-14-6)50(48)34(55-32)28-36-52-44(64-16-8)24-23-43(63-15-7)51(52)35(56-36)27-33-49-41(61-13-5)20-19-39(59-11-3)47(49)31(54-33)25-29(53-30)45(37)46/h17-28,53,56H,9-16H2,1-8H3. The molecule has 0 saturated heterocycles. The van der Waals surface area contributed by atoms with Gasteiger partial charge < -0.3 is 47.9 Å². The maximum atomic E-state index is 6.38. The summed E-state index contributed by atoms with van der Waals surface area (Å²) < 4.78 is 51.0. The van der Waals surface area contributed by atoms with Crippen LogP contribution in [0.15, 0.2) is 72.8 Å². The lowest BCUT2D eigenvalue weighted by atomic mass is 10.0. The molecule has 64 heavy (non-hydrogen) atoms. The molecule has 9 rings (SSSR count). The van der Waals surface area contributed by atoms with Gasteiger partial charge in [0.1, 0.15) is 46.0 Å². The van der Waals surface area contributed by atoms with Gasteiger partial charge in [-0.1, -0.05) is 0 Å². The molecule has 5 heterocycles. The molecule has 12 heteroatoms. The number of benzene rings is 4. The first-order valence-electron chi connectivity index (χ1n) is 22.4. The van der Waals surface area contributed by atoms with Crippen LogP contribution in [0, 0.1) is 0 Å². The molecule has 12 nitrogen and oxygen atoms in total. The number of fused-ring (bicyclic) bond motifs is 20. The molecule has 330 valence electrons. The fraction of sp³-hybridized carbons (Fsp3) is 0.308. The van der Waals surface area contributed by atoms with Gasteiger partial charge in [-0.15, -0.1) is 0 Å². The molecular weight excluding hydrogens is 809 g/mol. The lowest BCUT2D eigenvalue weighted by Gasteiger charge is -2.14. The van der Waals surface area contributed by atoms with Crippen molar-refractivity contribution >= 4 is 43.6 Å². The summed E-state index contributed by atoms with van der Waals surface area (Å²) in [6.45, 7) is 19.5. The van der Waals surface area contributed by atoms with Crippen LogP contribution in [0.1, 0.15) is 55.4 Å². The van der Waals surface area contributed by atoms with E-state index in [1.54, 1.807) is 0 Å². The van der Waals surface area contributed by atoms with E-state index < -0.39 is 0 Å². The van der Waals surface area contributed by atoms with E-state index in [0.717, 1.165) is 65.9 Å². The molecule has 0 spiro atoms. The van der Waals surface area contributed by atoms with Crippen molar-refractivity contribution in [2.24, 2.45) is 0 Å². The van der Waals surface area contributed by atoms with Gasteiger partial charge in [0.2, 0.25) is 0 Å². The second kappa shape index (κ2) is 18.0. The fourth-order valence-corrected chi connectivity index (χ4v) is 8.97. The third-order valence-corrected chi connectivity index (χ3v) is 11.2. The van der Waals surface area contributed by atoms with Gasteiger partial charge >= 0.3 is 0 Å². The molecule has 8 bridgehead atoms. The highest BCUT2D eigenvalue weighted by molar-refractivity contribution is 6.16. The van der Waals surface area contributed by atoms with Gasteiger partial charge in [-0.25, -0.2) is 9.97 Å². The zero-order valence-electron chi connectivity index (χ0n) is 37.7.